The molecule has 7 nitrogen and oxygen atoms in total. The molecule has 1 fully saturated rings. The van der Waals surface area contributed by atoms with Gasteiger partial charge >= 0.3 is 0 Å². The Bertz CT molecular complexity index is 990. The molecule has 1 saturated heterocycles. The van der Waals surface area contributed by atoms with Gasteiger partial charge in [0.1, 0.15) is 12.4 Å². The van der Waals surface area contributed by atoms with E-state index in [0.29, 0.717) is 18.9 Å². The molecule has 134 valence electrons. The summed E-state index contributed by atoms with van der Waals surface area (Å²) in [6.45, 7) is 2.78. The first-order chi connectivity index (χ1) is 12.5. The summed E-state index contributed by atoms with van der Waals surface area (Å²) in [5.41, 5.74) is 1.59. The van der Waals surface area contributed by atoms with Gasteiger partial charge in [-0.1, -0.05) is 0 Å². The Morgan fingerprint density at radius 1 is 1.27 bits per heavy atom. The fraction of sp³-hybridized carbons (Fsp3) is 0.294. The summed E-state index contributed by atoms with van der Waals surface area (Å²) in [5.74, 6) is -1.96. The number of hydrogen-bond donors (Lipinski definition) is 0. The van der Waals surface area contributed by atoms with Crippen LogP contribution in [-0.2, 0) is 4.74 Å². The van der Waals surface area contributed by atoms with Crippen LogP contribution in [0.1, 0.15) is 27.8 Å². The van der Waals surface area contributed by atoms with Gasteiger partial charge < -0.3 is 9.64 Å². The normalized spacial score (nSPS) is 17.7. The number of halogens is 2. The van der Waals surface area contributed by atoms with Gasteiger partial charge in [0.15, 0.2) is 11.6 Å². The van der Waals surface area contributed by atoms with Crippen LogP contribution < -0.4 is 0 Å². The van der Waals surface area contributed by atoms with Gasteiger partial charge in [0.25, 0.3) is 11.7 Å². The van der Waals surface area contributed by atoms with Gasteiger partial charge in [0.2, 0.25) is 0 Å². The van der Waals surface area contributed by atoms with Gasteiger partial charge in [-0.25, -0.2) is 13.8 Å². The van der Waals surface area contributed by atoms with Crippen LogP contribution in [0.25, 0.3) is 5.78 Å². The van der Waals surface area contributed by atoms with Crippen molar-refractivity contribution in [3.63, 3.8) is 0 Å². The summed E-state index contributed by atoms with van der Waals surface area (Å²) in [7, 11) is 0. The molecule has 0 spiro atoms. The smallest absolute Gasteiger partial charge is 0.254 e. The molecule has 3 heterocycles. The van der Waals surface area contributed by atoms with Crippen molar-refractivity contribution in [1.29, 1.82) is 0 Å². The SMILES string of the molecule is Cc1cc(C2CN(C(=O)c3ccc(F)c(F)c3)CCO2)n2ncnc2n1. The Hall–Kier alpha value is -2.94. The maximum atomic E-state index is 13.4. The number of carbonyl (C=O) groups is 1. The first-order valence-electron chi connectivity index (χ1n) is 8.06. The van der Waals surface area contributed by atoms with Crippen LogP contribution in [0.5, 0.6) is 0 Å². The molecular weight excluding hydrogens is 344 g/mol. The monoisotopic (exact) mass is 359 g/mol. The molecular formula is C17H15F2N5O2. The average Bonchev–Trinajstić information content (AvgIpc) is 3.11. The second-order valence-corrected chi connectivity index (χ2v) is 6.03. The minimum atomic E-state index is -1.05. The third kappa shape index (κ3) is 2.90. The molecule has 0 aliphatic carbocycles. The van der Waals surface area contributed by atoms with E-state index in [1.165, 1.54) is 12.4 Å². The van der Waals surface area contributed by atoms with Crippen LogP contribution in [0.4, 0.5) is 8.78 Å². The summed E-state index contributed by atoms with van der Waals surface area (Å²) < 4.78 is 33.9. The Balaban J connectivity index is 1.62. The largest absolute Gasteiger partial charge is 0.368 e. The highest BCUT2D eigenvalue weighted by Crippen LogP contribution is 2.24. The van der Waals surface area contributed by atoms with Gasteiger partial charge in [-0.2, -0.15) is 14.6 Å². The lowest BCUT2D eigenvalue weighted by molar-refractivity contribution is -0.0257. The maximum Gasteiger partial charge on any atom is 0.254 e. The van der Waals surface area contributed by atoms with E-state index in [4.69, 9.17) is 4.74 Å². The van der Waals surface area contributed by atoms with Gasteiger partial charge in [0.05, 0.1) is 18.8 Å². The molecule has 1 unspecified atom stereocenters. The summed E-state index contributed by atoms with van der Waals surface area (Å²) in [6, 6.07) is 4.97. The van der Waals surface area contributed by atoms with E-state index in [0.717, 1.165) is 23.5 Å². The van der Waals surface area contributed by atoms with E-state index < -0.39 is 17.7 Å². The molecule has 1 aliphatic rings. The van der Waals surface area contributed by atoms with Crippen LogP contribution in [0, 0.1) is 18.6 Å². The molecule has 1 aliphatic heterocycles. The van der Waals surface area contributed by atoms with Crippen molar-refractivity contribution in [3.8, 4) is 0 Å². The Morgan fingerprint density at radius 2 is 2.12 bits per heavy atom. The number of hydrogen-bond acceptors (Lipinski definition) is 5. The molecule has 1 aromatic carbocycles. The van der Waals surface area contributed by atoms with Gasteiger partial charge in [-0.3, -0.25) is 4.79 Å². The van der Waals surface area contributed by atoms with Crippen molar-refractivity contribution in [2.75, 3.05) is 19.7 Å². The summed E-state index contributed by atoms with van der Waals surface area (Å²) in [6.07, 6.45) is 0.974. The standard InChI is InChI=1S/C17H15F2N5O2/c1-10-6-14(24-17(22-10)20-9-21-24)15-8-23(4-5-26-15)16(25)11-2-3-12(18)13(19)7-11/h2-3,6-7,9,15H,4-5,8H2,1H3. The van der Waals surface area contributed by atoms with Crippen molar-refractivity contribution in [2.45, 2.75) is 13.0 Å². The molecule has 4 rings (SSSR count). The molecule has 0 radical (unpaired) electrons. The molecule has 0 N–H and O–H groups in total. The highest BCUT2D eigenvalue weighted by Gasteiger charge is 2.28. The molecule has 0 saturated carbocycles. The Labute approximate surface area is 147 Å². The zero-order chi connectivity index (χ0) is 18.3. The quantitative estimate of drug-likeness (QED) is 0.699. The third-order valence-corrected chi connectivity index (χ3v) is 4.26. The third-order valence-electron chi connectivity index (χ3n) is 4.26. The number of aryl methyl sites for hydroxylation is 1. The molecule has 3 aromatic rings. The number of carbonyl (C=O) groups excluding carboxylic acids is 1. The number of rotatable bonds is 2. The number of ether oxygens (including phenoxy) is 1. The minimum Gasteiger partial charge on any atom is -0.368 e. The summed E-state index contributed by atoms with van der Waals surface area (Å²) in [5, 5.41) is 4.15. The lowest BCUT2D eigenvalue weighted by atomic mass is 10.1. The first-order valence-corrected chi connectivity index (χ1v) is 8.06. The van der Waals surface area contributed by atoms with Gasteiger partial charge in [-0.15, -0.1) is 0 Å². The van der Waals surface area contributed by atoms with Crippen LogP contribution in [-0.4, -0.2) is 50.1 Å². The number of fused-ring (bicyclic) bond motifs is 1. The lowest BCUT2D eigenvalue weighted by Crippen LogP contribution is -2.42. The Kier molecular flexibility index (Phi) is 4.08. The van der Waals surface area contributed by atoms with E-state index in [1.807, 2.05) is 13.0 Å². The number of nitrogens with zero attached hydrogens (tertiary/aromatic N) is 5. The van der Waals surface area contributed by atoms with E-state index in [1.54, 1.807) is 9.42 Å². The second-order valence-electron chi connectivity index (χ2n) is 6.03. The van der Waals surface area contributed by atoms with Crippen LogP contribution in [0.2, 0.25) is 0 Å². The number of morpholine rings is 1. The fourth-order valence-electron chi connectivity index (χ4n) is 3.01. The summed E-state index contributed by atoms with van der Waals surface area (Å²) >= 11 is 0. The van der Waals surface area contributed by atoms with E-state index in [-0.39, 0.29) is 18.0 Å². The van der Waals surface area contributed by atoms with E-state index in [2.05, 4.69) is 15.1 Å². The Morgan fingerprint density at radius 3 is 2.92 bits per heavy atom. The highest BCUT2D eigenvalue weighted by atomic mass is 19.2. The number of amides is 1. The lowest BCUT2D eigenvalue weighted by Gasteiger charge is -2.33. The van der Waals surface area contributed by atoms with Crippen molar-refractivity contribution >= 4 is 11.7 Å². The average molecular weight is 359 g/mol. The van der Waals surface area contributed by atoms with Crippen molar-refractivity contribution < 1.29 is 18.3 Å². The molecule has 26 heavy (non-hydrogen) atoms. The maximum absolute atomic E-state index is 13.4. The zero-order valence-corrected chi connectivity index (χ0v) is 13.9. The van der Waals surface area contributed by atoms with Crippen molar-refractivity contribution in [1.82, 2.24) is 24.5 Å². The molecule has 9 heteroatoms. The molecule has 1 amide bonds. The second kappa shape index (κ2) is 6.41. The molecule has 0 bridgehead atoms. The van der Waals surface area contributed by atoms with Crippen LogP contribution in [0.3, 0.4) is 0 Å². The summed E-state index contributed by atoms with van der Waals surface area (Å²) in [4.78, 5) is 22.6. The van der Waals surface area contributed by atoms with E-state index >= 15 is 0 Å². The molecule has 1 atom stereocenters. The zero-order valence-electron chi connectivity index (χ0n) is 13.9. The molecule has 2 aromatic heterocycles. The van der Waals surface area contributed by atoms with Gasteiger partial charge in [-0.05, 0) is 31.2 Å². The van der Waals surface area contributed by atoms with Crippen molar-refractivity contribution in [2.24, 2.45) is 0 Å². The predicted octanol–water partition coefficient (Wildman–Crippen LogP) is 1.92. The topological polar surface area (TPSA) is 72.6 Å². The first kappa shape index (κ1) is 16.5. The van der Waals surface area contributed by atoms with Crippen LogP contribution in [0.15, 0.2) is 30.6 Å². The van der Waals surface area contributed by atoms with Gasteiger partial charge in [0, 0.05) is 17.8 Å². The number of aromatic nitrogens is 4. The van der Waals surface area contributed by atoms with Crippen molar-refractivity contribution in [3.05, 3.63) is 59.2 Å². The predicted molar refractivity (Wildman–Crippen MR) is 86.5 cm³/mol. The highest BCUT2D eigenvalue weighted by molar-refractivity contribution is 5.94. The fourth-order valence-corrected chi connectivity index (χ4v) is 3.01. The van der Waals surface area contributed by atoms with E-state index in [9.17, 15) is 13.6 Å². The number of benzene rings is 1. The van der Waals surface area contributed by atoms with Crippen LogP contribution >= 0.6 is 0 Å². The minimum absolute atomic E-state index is 0.0985.